The molecule has 0 aliphatic rings. The van der Waals surface area contributed by atoms with Crippen molar-refractivity contribution < 1.29 is 14.3 Å². The number of ether oxygens (including phenoxy) is 1. The molecule has 0 atom stereocenters. The van der Waals surface area contributed by atoms with Crippen molar-refractivity contribution in [1.82, 2.24) is 4.98 Å². The number of phenols is 1. The Morgan fingerprint density at radius 2 is 2.31 bits per heavy atom. The summed E-state index contributed by atoms with van der Waals surface area (Å²) in [6, 6.07) is 4.69. The topological polar surface area (TPSA) is 55.5 Å². The van der Waals surface area contributed by atoms with Crippen molar-refractivity contribution in [1.29, 1.82) is 0 Å². The molecule has 1 aromatic carbocycles. The number of oxazole rings is 1. The Labute approximate surface area is 97.4 Å². The summed E-state index contributed by atoms with van der Waals surface area (Å²) in [7, 11) is 1.57. The summed E-state index contributed by atoms with van der Waals surface area (Å²) < 4.78 is 10.1. The van der Waals surface area contributed by atoms with E-state index in [0.717, 1.165) is 0 Å². The lowest BCUT2D eigenvalue weighted by Gasteiger charge is -1.99. The fourth-order valence-corrected chi connectivity index (χ4v) is 1.50. The maximum Gasteiger partial charge on any atom is 0.230 e. The van der Waals surface area contributed by atoms with Crippen LogP contribution < -0.4 is 0 Å². The number of halogens is 1. The summed E-state index contributed by atoms with van der Waals surface area (Å²) >= 11 is 5.83. The van der Waals surface area contributed by atoms with Gasteiger partial charge in [-0.25, -0.2) is 4.98 Å². The first-order valence-corrected chi connectivity index (χ1v) is 5.00. The molecule has 0 aliphatic heterocycles. The van der Waals surface area contributed by atoms with Gasteiger partial charge in [-0.2, -0.15) is 0 Å². The van der Waals surface area contributed by atoms with Crippen LogP contribution in [0.25, 0.3) is 11.5 Å². The van der Waals surface area contributed by atoms with E-state index >= 15 is 0 Å². The van der Waals surface area contributed by atoms with Gasteiger partial charge in [-0.15, -0.1) is 0 Å². The van der Waals surface area contributed by atoms with Gasteiger partial charge in [0.2, 0.25) is 5.89 Å². The minimum absolute atomic E-state index is 0.0789. The molecule has 16 heavy (non-hydrogen) atoms. The van der Waals surface area contributed by atoms with Crippen molar-refractivity contribution in [2.24, 2.45) is 0 Å². The number of hydrogen-bond acceptors (Lipinski definition) is 4. The predicted octanol–water partition coefficient (Wildman–Crippen LogP) is 2.85. The molecule has 0 fully saturated rings. The quantitative estimate of drug-likeness (QED) is 0.895. The average Bonchev–Trinajstić information content (AvgIpc) is 2.71. The molecule has 0 unspecified atom stereocenters. The summed E-state index contributed by atoms with van der Waals surface area (Å²) in [5, 5.41) is 10.2. The summed E-state index contributed by atoms with van der Waals surface area (Å²) in [5.41, 5.74) is 1.13. The second-order valence-electron chi connectivity index (χ2n) is 3.24. The Bertz CT molecular complexity index is 496. The lowest BCUT2D eigenvalue weighted by Crippen LogP contribution is -1.87. The van der Waals surface area contributed by atoms with E-state index in [1.807, 2.05) is 0 Å². The minimum Gasteiger partial charge on any atom is -0.507 e. The molecule has 0 saturated carbocycles. The Balaban J connectivity index is 2.38. The van der Waals surface area contributed by atoms with Gasteiger partial charge in [0.25, 0.3) is 0 Å². The number of aromatic hydroxyl groups is 1. The normalized spacial score (nSPS) is 10.6. The number of benzene rings is 1. The van der Waals surface area contributed by atoms with Crippen molar-refractivity contribution in [3.63, 3.8) is 0 Å². The van der Waals surface area contributed by atoms with Crippen LogP contribution in [0.15, 0.2) is 28.9 Å². The molecule has 0 bridgehead atoms. The number of phenolic OH excluding ortho intramolecular Hbond substituents is 1. The molecule has 5 heteroatoms. The van der Waals surface area contributed by atoms with E-state index in [-0.39, 0.29) is 5.75 Å². The van der Waals surface area contributed by atoms with Gasteiger partial charge in [0.1, 0.15) is 17.7 Å². The molecule has 2 aromatic rings. The number of hydrogen-bond donors (Lipinski definition) is 1. The highest BCUT2D eigenvalue weighted by Crippen LogP contribution is 2.30. The monoisotopic (exact) mass is 239 g/mol. The summed E-state index contributed by atoms with van der Waals surface area (Å²) in [6.07, 6.45) is 1.49. The summed E-state index contributed by atoms with van der Waals surface area (Å²) in [6.45, 7) is 0.366. The molecule has 1 N–H and O–H groups in total. The van der Waals surface area contributed by atoms with Gasteiger partial charge in [0, 0.05) is 12.1 Å². The Kier molecular flexibility index (Phi) is 3.12. The standard InChI is InChI=1S/C11H10ClNO3/c1-15-5-8-6-16-11(13-8)9-4-7(12)2-3-10(9)14/h2-4,6,14H,5H2,1H3. The molecule has 84 valence electrons. The van der Waals surface area contributed by atoms with Crippen LogP contribution >= 0.6 is 11.6 Å². The third kappa shape index (κ3) is 2.18. The molecule has 0 saturated heterocycles. The van der Waals surface area contributed by atoms with Gasteiger partial charge < -0.3 is 14.3 Å². The maximum atomic E-state index is 9.64. The van der Waals surface area contributed by atoms with Crippen LogP contribution in [0.5, 0.6) is 5.75 Å². The van der Waals surface area contributed by atoms with Crippen molar-refractivity contribution in [2.75, 3.05) is 7.11 Å². The van der Waals surface area contributed by atoms with Gasteiger partial charge in [-0.3, -0.25) is 0 Å². The zero-order chi connectivity index (χ0) is 11.5. The van der Waals surface area contributed by atoms with Crippen LogP contribution in [0.3, 0.4) is 0 Å². The third-order valence-electron chi connectivity index (χ3n) is 2.03. The lowest BCUT2D eigenvalue weighted by atomic mass is 10.2. The van der Waals surface area contributed by atoms with Gasteiger partial charge in [0.05, 0.1) is 12.2 Å². The first kappa shape index (κ1) is 11.0. The van der Waals surface area contributed by atoms with Crippen LogP contribution in [-0.4, -0.2) is 17.2 Å². The van der Waals surface area contributed by atoms with Crippen molar-refractivity contribution in [3.05, 3.63) is 35.2 Å². The molecular weight excluding hydrogens is 230 g/mol. The number of rotatable bonds is 3. The number of methoxy groups -OCH3 is 1. The Morgan fingerprint density at radius 3 is 3.06 bits per heavy atom. The molecule has 0 amide bonds. The number of aromatic nitrogens is 1. The van der Waals surface area contributed by atoms with Crippen LogP contribution in [0.1, 0.15) is 5.69 Å². The van der Waals surface area contributed by atoms with E-state index < -0.39 is 0 Å². The summed E-state index contributed by atoms with van der Waals surface area (Å²) in [4.78, 5) is 4.16. The van der Waals surface area contributed by atoms with Crippen LogP contribution in [0, 0.1) is 0 Å². The van der Waals surface area contributed by atoms with Gasteiger partial charge in [-0.1, -0.05) is 11.6 Å². The second kappa shape index (κ2) is 4.55. The minimum atomic E-state index is 0.0789. The molecule has 4 nitrogen and oxygen atoms in total. The second-order valence-corrected chi connectivity index (χ2v) is 3.67. The first-order valence-electron chi connectivity index (χ1n) is 4.63. The smallest absolute Gasteiger partial charge is 0.230 e. The zero-order valence-corrected chi connectivity index (χ0v) is 9.36. The fourth-order valence-electron chi connectivity index (χ4n) is 1.32. The van der Waals surface area contributed by atoms with Crippen LogP contribution in [0.4, 0.5) is 0 Å². The molecule has 0 spiro atoms. The highest BCUT2D eigenvalue weighted by atomic mass is 35.5. The van der Waals surface area contributed by atoms with Gasteiger partial charge in [-0.05, 0) is 18.2 Å². The van der Waals surface area contributed by atoms with E-state index in [1.165, 1.54) is 12.3 Å². The molecule has 2 rings (SSSR count). The number of nitrogens with zero attached hydrogens (tertiary/aromatic N) is 1. The zero-order valence-electron chi connectivity index (χ0n) is 8.61. The van der Waals surface area contributed by atoms with E-state index in [4.69, 9.17) is 20.8 Å². The van der Waals surface area contributed by atoms with E-state index in [0.29, 0.717) is 28.8 Å². The lowest BCUT2D eigenvalue weighted by molar-refractivity contribution is 0.181. The van der Waals surface area contributed by atoms with Crippen molar-refractivity contribution in [3.8, 4) is 17.2 Å². The fraction of sp³-hybridized carbons (Fsp3) is 0.182. The SMILES string of the molecule is COCc1coc(-c2cc(Cl)ccc2O)n1. The van der Waals surface area contributed by atoms with Gasteiger partial charge in [0.15, 0.2) is 0 Å². The third-order valence-corrected chi connectivity index (χ3v) is 2.27. The molecule has 1 aromatic heterocycles. The van der Waals surface area contributed by atoms with Crippen molar-refractivity contribution >= 4 is 11.6 Å². The van der Waals surface area contributed by atoms with Gasteiger partial charge >= 0.3 is 0 Å². The largest absolute Gasteiger partial charge is 0.507 e. The molecule has 0 aliphatic carbocycles. The first-order chi connectivity index (χ1) is 7.70. The average molecular weight is 240 g/mol. The van der Waals surface area contributed by atoms with E-state index in [1.54, 1.807) is 19.2 Å². The van der Waals surface area contributed by atoms with Crippen molar-refractivity contribution in [2.45, 2.75) is 6.61 Å². The summed E-state index contributed by atoms with van der Waals surface area (Å²) in [5.74, 6) is 0.405. The molecular formula is C11H10ClNO3. The predicted molar refractivity (Wildman–Crippen MR) is 59.3 cm³/mol. The highest BCUT2D eigenvalue weighted by molar-refractivity contribution is 6.30. The molecule has 1 heterocycles. The maximum absolute atomic E-state index is 9.64. The van der Waals surface area contributed by atoms with E-state index in [2.05, 4.69) is 4.98 Å². The Hall–Kier alpha value is -1.52. The molecule has 0 radical (unpaired) electrons. The highest BCUT2D eigenvalue weighted by Gasteiger charge is 2.11. The van der Waals surface area contributed by atoms with Crippen LogP contribution in [-0.2, 0) is 11.3 Å². The van der Waals surface area contributed by atoms with Crippen LogP contribution in [0.2, 0.25) is 5.02 Å². The Morgan fingerprint density at radius 1 is 1.50 bits per heavy atom. The van der Waals surface area contributed by atoms with E-state index in [9.17, 15) is 5.11 Å².